The number of fused-ring (bicyclic) bond motifs is 1. The second-order valence-electron chi connectivity index (χ2n) is 5.86. The second kappa shape index (κ2) is 6.39. The second-order valence-corrected chi connectivity index (χ2v) is 5.86. The molecule has 0 saturated heterocycles. The van der Waals surface area contributed by atoms with E-state index in [-0.39, 0.29) is 17.5 Å². The Labute approximate surface area is 144 Å². The number of Topliss-reactive ketones (excluding diaryl/α,β-unsaturated/α-hetero) is 1. The molecule has 1 heterocycles. The van der Waals surface area contributed by atoms with Gasteiger partial charge in [0.1, 0.15) is 5.76 Å². The summed E-state index contributed by atoms with van der Waals surface area (Å²) < 4.78 is 5.33. The van der Waals surface area contributed by atoms with E-state index >= 15 is 0 Å². The molecule has 0 radical (unpaired) electrons. The van der Waals surface area contributed by atoms with Crippen molar-refractivity contribution in [1.29, 1.82) is 0 Å². The Morgan fingerprint density at radius 3 is 2.48 bits per heavy atom. The number of ketones is 1. The zero-order chi connectivity index (χ0) is 18.1. The Balaban J connectivity index is 1.92. The Hall–Kier alpha value is -3.15. The van der Waals surface area contributed by atoms with Crippen molar-refractivity contribution in [2.24, 2.45) is 0 Å². The number of carboxylic acids is 1. The van der Waals surface area contributed by atoms with Crippen LogP contribution in [0.1, 0.15) is 54.6 Å². The zero-order valence-corrected chi connectivity index (χ0v) is 13.9. The van der Waals surface area contributed by atoms with Crippen molar-refractivity contribution in [2.75, 3.05) is 7.05 Å². The van der Waals surface area contributed by atoms with Crippen LogP contribution < -0.4 is 5.32 Å². The number of hydrogen-bond donors (Lipinski definition) is 2. The highest BCUT2D eigenvalue weighted by Crippen LogP contribution is 2.32. The highest BCUT2D eigenvalue weighted by molar-refractivity contribution is 6.14. The van der Waals surface area contributed by atoms with Crippen LogP contribution in [0.5, 0.6) is 0 Å². The zero-order valence-electron chi connectivity index (χ0n) is 13.9. The van der Waals surface area contributed by atoms with E-state index in [0.29, 0.717) is 40.9 Å². The summed E-state index contributed by atoms with van der Waals surface area (Å²) in [6.45, 7) is 1.59. The average molecular weight is 339 g/mol. The number of rotatable bonds is 3. The van der Waals surface area contributed by atoms with Gasteiger partial charge < -0.3 is 14.8 Å². The van der Waals surface area contributed by atoms with Crippen molar-refractivity contribution in [2.45, 2.75) is 19.8 Å². The molecule has 0 spiro atoms. The molecule has 2 N–H and O–H groups in total. The summed E-state index contributed by atoms with van der Waals surface area (Å²) in [5.41, 5.74) is 2.67. The molecule has 0 fully saturated rings. The monoisotopic (exact) mass is 339 g/mol. The molecule has 6 nitrogen and oxygen atoms in total. The lowest BCUT2D eigenvalue weighted by atomic mass is 9.88. The Bertz CT molecular complexity index is 903. The molecule has 0 saturated carbocycles. The number of allylic oxidation sites excluding steroid dienone is 1. The van der Waals surface area contributed by atoms with Crippen molar-refractivity contribution in [3.63, 3.8) is 0 Å². The molecule has 25 heavy (non-hydrogen) atoms. The Kier molecular flexibility index (Phi) is 4.27. The smallest absolute Gasteiger partial charge is 0.372 e. The molecule has 1 amide bonds. The molecule has 1 aromatic heterocycles. The van der Waals surface area contributed by atoms with Gasteiger partial charge >= 0.3 is 5.97 Å². The quantitative estimate of drug-likeness (QED) is 0.838. The normalized spacial score (nSPS) is 15.1. The van der Waals surface area contributed by atoms with E-state index in [1.165, 1.54) is 0 Å². The van der Waals surface area contributed by atoms with E-state index in [9.17, 15) is 14.4 Å². The highest BCUT2D eigenvalue weighted by Gasteiger charge is 2.31. The number of furan rings is 1. The third-order valence-corrected chi connectivity index (χ3v) is 4.29. The van der Waals surface area contributed by atoms with Gasteiger partial charge in [0.05, 0.1) is 5.56 Å². The van der Waals surface area contributed by atoms with Crippen molar-refractivity contribution in [1.82, 2.24) is 5.32 Å². The standard InChI is InChI=1S/C19H17NO5/c1-10-15-14(25-17(10)19(23)24)8-7-13(16(15)21)9-11-3-5-12(6-4-11)18(22)20-2/h3-6,9H,7-8H2,1-2H3,(H,20,22)(H,23,24). The van der Waals surface area contributed by atoms with Crippen LogP contribution in [-0.4, -0.2) is 29.8 Å². The van der Waals surface area contributed by atoms with E-state index in [1.807, 2.05) is 0 Å². The van der Waals surface area contributed by atoms with Crippen LogP contribution in [-0.2, 0) is 6.42 Å². The van der Waals surface area contributed by atoms with Crippen molar-refractivity contribution in [3.8, 4) is 0 Å². The number of benzene rings is 1. The van der Waals surface area contributed by atoms with Crippen molar-refractivity contribution < 1.29 is 23.9 Å². The average Bonchev–Trinajstić information content (AvgIpc) is 2.95. The number of nitrogens with one attached hydrogen (secondary N) is 1. The summed E-state index contributed by atoms with van der Waals surface area (Å²) in [6.07, 6.45) is 2.73. The summed E-state index contributed by atoms with van der Waals surface area (Å²) in [7, 11) is 1.56. The summed E-state index contributed by atoms with van der Waals surface area (Å²) in [5, 5.41) is 11.7. The van der Waals surface area contributed by atoms with Gasteiger partial charge in [0, 0.05) is 30.2 Å². The fraction of sp³-hybridized carbons (Fsp3) is 0.211. The van der Waals surface area contributed by atoms with Crippen LogP contribution in [0.2, 0.25) is 0 Å². The SMILES string of the molecule is CNC(=O)c1ccc(C=C2CCc3oc(C(=O)O)c(C)c3C2=O)cc1. The van der Waals surface area contributed by atoms with Gasteiger partial charge in [-0.05, 0) is 37.1 Å². The van der Waals surface area contributed by atoms with Crippen molar-refractivity contribution >= 4 is 23.7 Å². The molecule has 1 aliphatic rings. The fourth-order valence-corrected chi connectivity index (χ4v) is 2.99. The van der Waals surface area contributed by atoms with Crippen LogP contribution >= 0.6 is 0 Å². The minimum absolute atomic E-state index is 0.172. The third-order valence-electron chi connectivity index (χ3n) is 4.29. The highest BCUT2D eigenvalue weighted by atomic mass is 16.4. The number of carbonyl (C=O) groups excluding carboxylic acids is 2. The number of carboxylic acid groups (broad SMARTS) is 1. The molecular weight excluding hydrogens is 322 g/mol. The van der Waals surface area contributed by atoms with E-state index in [4.69, 9.17) is 9.52 Å². The topological polar surface area (TPSA) is 96.6 Å². The lowest BCUT2D eigenvalue weighted by Gasteiger charge is -2.13. The first-order valence-corrected chi connectivity index (χ1v) is 7.85. The lowest BCUT2D eigenvalue weighted by Crippen LogP contribution is -2.17. The van der Waals surface area contributed by atoms with Gasteiger partial charge in [-0.1, -0.05) is 12.1 Å². The van der Waals surface area contributed by atoms with Crippen LogP contribution in [0.25, 0.3) is 6.08 Å². The van der Waals surface area contributed by atoms with Crippen LogP contribution in [0.15, 0.2) is 34.3 Å². The minimum Gasteiger partial charge on any atom is -0.475 e. The Morgan fingerprint density at radius 1 is 1.20 bits per heavy atom. The summed E-state index contributed by atoms with van der Waals surface area (Å²) in [5.74, 6) is -1.28. The molecule has 2 aromatic rings. The number of aromatic carboxylic acids is 1. The minimum atomic E-state index is -1.17. The third kappa shape index (κ3) is 2.98. The first kappa shape index (κ1) is 16.7. The molecule has 128 valence electrons. The van der Waals surface area contributed by atoms with E-state index in [1.54, 1.807) is 44.3 Å². The number of carbonyl (C=O) groups is 3. The first-order chi connectivity index (χ1) is 11.9. The van der Waals surface area contributed by atoms with E-state index in [0.717, 1.165) is 5.56 Å². The van der Waals surface area contributed by atoms with Gasteiger partial charge in [0.2, 0.25) is 5.76 Å². The molecule has 3 rings (SSSR count). The van der Waals surface area contributed by atoms with Crippen LogP contribution in [0.3, 0.4) is 0 Å². The molecule has 1 aromatic carbocycles. The van der Waals surface area contributed by atoms with E-state index < -0.39 is 5.97 Å². The van der Waals surface area contributed by atoms with Crippen molar-refractivity contribution in [3.05, 3.63) is 63.6 Å². The predicted molar refractivity (Wildman–Crippen MR) is 90.9 cm³/mol. The maximum Gasteiger partial charge on any atom is 0.372 e. The lowest BCUT2D eigenvalue weighted by molar-refractivity contribution is 0.0658. The first-order valence-electron chi connectivity index (χ1n) is 7.85. The number of aryl methyl sites for hydroxylation is 1. The number of hydrogen-bond acceptors (Lipinski definition) is 4. The summed E-state index contributed by atoms with van der Waals surface area (Å²) in [6, 6.07) is 6.92. The summed E-state index contributed by atoms with van der Waals surface area (Å²) in [4.78, 5) is 35.5. The van der Waals surface area contributed by atoms with Gasteiger partial charge in [-0.3, -0.25) is 9.59 Å². The van der Waals surface area contributed by atoms with E-state index in [2.05, 4.69) is 5.32 Å². The number of amides is 1. The van der Waals surface area contributed by atoms with Crippen LogP contribution in [0, 0.1) is 6.92 Å². The summed E-state index contributed by atoms with van der Waals surface area (Å²) >= 11 is 0. The van der Waals surface area contributed by atoms with Gasteiger partial charge in [0.25, 0.3) is 5.91 Å². The van der Waals surface area contributed by atoms with Crippen LogP contribution in [0.4, 0.5) is 0 Å². The maximum absolute atomic E-state index is 12.7. The van der Waals surface area contributed by atoms with Gasteiger partial charge in [-0.15, -0.1) is 0 Å². The molecule has 0 bridgehead atoms. The van der Waals surface area contributed by atoms with Gasteiger partial charge in [-0.2, -0.15) is 0 Å². The molecule has 1 aliphatic carbocycles. The maximum atomic E-state index is 12.7. The van der Waals surface area contributed by atoms with Gasteiger partial charge in [-0.25, -0.2) is 4.79 Å². The Morgan fingerprint density at radius 2 is 1.88 bits per heavy atom. The fourth-order valence-electron chi connectivity index (χ4n) is 2.99. The molecule has 0 aliphatic heterocycles. The molecule has 0 unspecified atom stereocenters. The molecule has 6 heteroatoms. The molecule has 0 atom stereocenters. The predicted octanol–water partition coefficient (Wildman–Crippen LogP) is 2.86. The van der Waals surface area contributed by atoms with Gasteiger partial charge in [0.15, 0.2) is 5.78 Å². The molecular formula is C19H17NO5. The largest absolute Gasteiger partial charge is 0.475 e.